The molecule has 0 saturated heterocycles. The number of methoxy groups -OCH3 is 1. The minimum atomic E-state index is -0.446. The molecule has 1 amide bonds. The second kappa shape index (κ2) is 7.05. The van der Waals surface area contributed by atoms with Gasteiger partial charge in [0.15, 0.2) is 0 Å². The lowest BCUT2D eigenvalue weighted by atomic mass is 10.2. The highest BCUT2D eigenvalue weighted by molar-refractivity contribution is 7.15. The number of ether oxygens (including phenoxy) is 1. The van der Waals surface area contributed by atoms with Crippen molar-refractivity contribution in [2.24, 2.45) is 0 Å². The average Bonchev–Trinajstić information content (AvgIpc) is 3.30. The first-order valence-electron chi connectivity index (χ1n) is 7.07. The van der Waals surface area contributed by atoms with Crippen LogP contribution in [0, 0.1) is 0 Å². The molecular weight excluding hydrogens is 328 g/mol. The molecule has 3 aromatic rings. The minimum Gasteiger partial charge on any atom is -0.465 e. The first-order chi connectivity index (χ1) is 11.7. The normalized spacial score (nSPS) is 10.4. The van der Waals surface area contributed by atoms with Crippen LogP contribution in [0.25, 0.3) is 5.82 Å². The SMILES string of the molecule is COC(=O)c1ccc(C(=O)NCc2ccnc(-n3ccnc3)c2)s1. The number of imidazole rings is 1. The molecule has 0 unspecified atom stereocenters. The van der Waals surface area contributed by atoms with Gasteiger partial charge in [0.2, 0.25) is 0 Å². The molecule has 0 bridgehead atoms. The van der Waals surface area contributed by atoms with Crippen LogP contribution in [0.5, 0.6) is 0 Å². The van der Waals surface area contributed by atoms with Gasteiger partial charge in [0.1, 0.15) is 17.0 Å². The molecule has 3 heterocycles. The Morgan fingerprint density at radius 2 is 2.08 bits per heavy atom. The molecule has 0 aliphatic rings. The molecule has 0 fully saturated rings. The van der Waals surface area contributed by atoms with E-state index in [1.165, 1.54) is 7.11 Å². The standard InChI is InChI=1S/C16H14N4O3S/c1-23-16(22)13-3-2-12(24-13)15(21)19-9-11-4-5-18-14(8-11)20-7-6-17-10-20/h2-8,10H,9H2,1H3,(H,19,21). The number of pyridine rings is 1. The van der Waals surface area contributed by atoms with Crippen LogP contribution in [0.2, 0.25) is 0 Å². The first-order valence-corrected chi connectivity index (χ1v) is 7.88. The summed E-state index contributed by atoms with van der Waals surface area (Å²) < 4.78 is 6.42. The predicted molar refractivity (Wildman–Crippen MR) is 88.2 cm³/mol. The summed E-state index contributed by atoms with van der Waals surface area (Å²) >= 11 is 1.10. The zero-order chi connectivity index (χ0) is 16.9. The number of carbonyl (C=O) groups excluding carboxylic acids is 2. The molecule has 3 aromatic heterocycles. The Bertz CT molecular complexity index is 858. The molecular formula is C16H14N4O3S. The predicted octanol–water partition coefficient (Wildman–Crippen LogP) is 2.05. The van der Waals surface area contributed by atoms with E-state index in [9.17, 15) is 9.59 Å². The molecule has 0 atom stereocenters. The van der Waals surface area contributed by atoms with Gasteiger partial charge in [0.05, 0.1) is 12.0 Å². The maximum atomic E-state index is 12.2. The van der Waals surface area contributed by atoms with Crippen molar-refractivity contribution in [1.29, 1.82) is 0 Å². The van der Waals surface area contributed by atoms with Gasteiger partial charge in [-0.3, -0.25) is 9.36 Å². The van der Waals surface area contributed by atoms with Gasteiger partial charge in [-0.2, -0.15) is 0 Å². The van der Waals surface area contributed by atoms with Crippen molar-refractivity contribution in [2.75, 3.05) is 7.11 Å². The van der Waals surface area contributed by atoms with Gasteiger partial charge in [0.25, 0.3) is 5.91 Å². The number of rotatable bonds is 5. The Hall–Kier alpha value is -3.00. The summed E-state index contributed by atoms with van der Waals surface area (Å²) in [4.78, 5) is 32.7. The molecule has 1 N–H and O–H groups in total. The van der Waals surface area contributed by atoms with E-state index in [-0.39, 0.29) is 5.91 Å². The first kappa shape index (κ1) is 15.9. The molecule has 0 aromatic carbocycles. The molecule has 0 saturated carbocycles. The van der Waals surface area contributed by atoms with Gasteiger partial charge in [-0.1, -0.05) is 0 Å². The largest absolute Gasteiger partial charge is 0.465 e. The van der Waals surface area contributed by atoms with Crippen LogP contribution < -0.4 is 5.32 Å². The number of carbonyl (C=O) groups is 2. The lowest BCUT2D eigenvalue weighted by Gasteiger charge is -2.06. The van der Waals surface area contributed by atoms with Crippen molar-refractivity contribution in [2.45, 2.75) is 6.54 Å². The maximum absolute atomic E-state index is 12.2. The second-order valence-corrected chi connectivity index (χ2v) is 5.91. The average molecular weight is 342 g/mol. The molecule has 122 valence electrons. The topological polar surface area (TPSA) is 86.1 Å². The van der Waals surface area contributed by atoms with Crippen LogP contribution in [-0.2, 0) is 11.3 Å². The fraction of sp³-hybridized carbons (Fsp3) is 0.125. The van der Waals surface area contributed by atoms with Crippen LogP contribution in [0.1, 0.15) is 24.9 Å². The Kier molecular flexibility index (Phi) is 4.66. The summed E-state index contributed by atoms with van der Waals surface area (Å²) in [5.41, 5.74) is 0.909. The van der Waals surface area contributed by atoms with E-state index in [2.05, 4.69) is 20.0 Å². The maximum Gasteiger partial charge on any atom is 0.348 e. The Balaban J connectivity index is 1.65. The zero-order valence-electron chi connectivity index (χ0n) is 12.8. The Morgan fingerprint density at radius 1 is 1.25 bits per heavy atom. The third-order valence-corrected chi connectivity index (χ3v) is 4.31. The molecule has 0 aliphatic heterocycles. The van der Waals surface area contributed by atoms with Gasteiger partial charge in [-0.15, -0.1) is 11.3 Å². The molecule has 0 aliphatic carbocycles. The highest BCUT2D eigenvalue weighted by Gasteiger charge is 2.13. The summed E-state index contributed by atoms with van der Waals surface area (Å²) in [6, 6.07) is 6.88. The number of nitrogens with zero attached hydrogens (tertiary/aromatic N) is 3. The van der Waals surface area contributed by atoms with Gasteiger partial charge < -0.3 is 10.1 Å². The van der Waals surface area contributed by atoms with E-state index in [0.717, 1.165) is 22.7 Å². The van der Waals surface area contributed by atoms with E-state index in [1.807, 2.05) is 12.1 Å². The van der Waals surface area contributed by atoms with Crippen molar-refractivity contribution in [3.05, 3.63) is 64.5 Å². The third-order valence-electron chi connectivity index (χ3n) is 3.25. The van der Waals surface area contributed by atoms with Crippen molar-refractivity contribution in [3.63, 3.8) is 0 Å². The van der Waals surface area contributed by atoms with Crippen LogP contribution in [0.3, 0.4) is 0 Å². The Morgan fingerprint density at radius 3 is 2.83 bits per heavy atom. The highest BCUT2D eigenvalue weighted by atomic mass is 32.1. The number of hydrogen-bond donors (Lipinski definition) is 1. The molecule has 8 heteroatoms. The number of aromatic nitrogens is 3. The Labute approximate surface area is 141 Å². The second-order valence-electron chi connectivity index (χ2n) is 4.83. The fourth-order valence-corrected chi connectivity index (χ4v) is 2.89. The molecule has 7 nitrogen and oxygen atoms in total. The van der Waals surface area contributed by atoms with E-state index < -0.39 is 5.97 Å². The van der Waals surface area contributed by atoms with Gasteiger partial charge >= 0.3 is 5.97 Å². The van der Waals surface area contributed by atoms with E-state index >= 15 is 0 Å². The van der Waals surface area contributed by atoms with E-state index in [4.69, 9.17) is 0 Å². The van der Waals surface area contributed by atoms with Crippen molar-refractivity contribution in [1.82, 2.24) is 19.9 Å². The molecule has 3 rings (SSSR count). The van der Waals surface area contributed by atoms with Gasteiger partial charge in [-0.25, -0.2) is 14.8 Å². The van der Waals surface area contributed by atoms with Crippen LogP contribution in [0.4, 0.5) is 0 Å². The van der Waals surface area contributed by atoms with Crippen LogP contribution in [0.15, 0.2) is 49.2 Å². The van der Waals surface area contributed by atoms with E-state index in [1.54, 1.807) is 41.6 Å². The smallest absolute Gasteiger partial charge is 0.348 e. The summed E-state index contributed by atoms with van der Waals surface area (Å²) in [6.07, 6.45) is 6.80. The molecule has 0 radical (unpaired) electrons. The van der Waals surface area contributed by atoms with Crippen molar-refractivity contribution in [3.8, 4) is 5.82 Å². The number of thiophene rings is 1. The fourth-order valence-electron chi connectivity index (χ4n) is 2.05. The summed E-state index contributed by atoms with van der Waals surface area (Å²) in [5.74, 6) is 0.0395. The lowest BCUT2D eigenvalue weighted by Crippen LogP contribution is -2.21. The summed E-state index contributed by atoms with van der Waals surface area (Å²) in [6.45, 7) is 0.356. The zero-order valence-corrected chi connectivity index (χ0v) is 13.6. The number of hydrogen-bond acceptors (Lipinski definition) is 6. The lowest BCUT2D eigenvalue weighted by molar-refractivity contribution is 0.0606. The van der Waals surface area contributed by atoms with Gasteiger partial charge in [-0.05, 0) is 29.8 Å². The summed E-state index contributed by atoms with van der Waals surface area (Å²) in [7, 11) is 1.31. The quantitative estimate of drug-likeness (QED) is 0.717. The number of amides is 1. The van der Waals surface area contributed by atoms with Crippen LogP contribution in [-0.4, -0.2) is 33.5 Å². The summed E-state index contributed by atoms with van der Waals surface area (Å²) in [5, 5.41) is 2.82. The minimum absolute atomic E-state index is 0.240. The van der Waals surface area contributed by atoms with Crippen molar-refractivity contribution < 1.29 is 14.3 Å². The highest BCUT2D eigenvalue weighted by Crippen LogP contribution is 2.17. The third kappa shape index (κ3) is 3.49. The monoisotopic (exact) mass is 342 g/mol. The van der Waals surface area contributed by atoms with Crippen molar-refractivity contribution >= 4 is 23.2 Å². The van der Waals surface area contributed by atoms with E-state index in [0.29, 0.717) is 16.3 Å². The van der Waals surface area contributed by atoms with Gasteiger partial charge in [0, 0.05) is 25.1 Å². The molecule has 24 heavy (non-hydrogen) atoms. The van der Waals surface area contributed by atoms with Crippen LogP contribution >= 0.6 is 11.3 Å². The molecule has 0 spiro atoms. The number of esters is 1. The number of nitrogens with one attached hydrogen (secondary N) is 1.